The lowest BCUT2D eigenvalue weighted by atomic mass is 10.0. The number of Topliss-reactive ketones (excluding diaryl/α,β-unsaturated/α-hetero) is 1. The Kier molecular flexibility index (Phi) is 4.20. The van der Waals surface area contributed by atoms with Crippen LogP contribution in [-0.4, -0.2) is 47.2 Å². The van der Waals surface area contributed by atoms with Crippen LogP contribution in [-0.2, 0) is 14.4 Å². The van der Waals surface area contributed by atoms with Crippen LogP contribution in [0.3, 0.4) is 0 Å². The van der Waals surface area contributed by atoms with Crippen molar-refractivity contribution >= 4 is 17.6 Å². The van der Waals surface area contributed by atoms with Crippen molar-refractivity contribution in [1.82, 2.24) is 9.80 Å². The lowest BCUT2D eigenvalue weighted by molar-refractivity contribution is -0.141. The standard InChI is InChI=1S/C12H16N2O3/c1-4-11(16)13-6-10(9(3)15)7-14(8-13)12(17)5-2/h4-5,10H,1-2,6-8H2,3H3. The zero-order valence-electron chi connectivity index (χ0n) is 9.89. The van der Waals surface area contributed by atoms with Crippen molar-refractivity contribution in [3.63, 3.8) is 0 Å². The zero-order chi connectivity index (χ0) is 13.0. The molecule has 0 saturated carbocycles. The minimum absolute atomic E-state index is 0.0339. The molecule has 0 aromatic rings. The van der Waals surface area contributed by atoms with Gasteiger partial charge in [-0.05, 0) is 19.1 Å². The molecule has 2 amide bonds. The maximum absolute atomic E-state index is 11.5. The van der Waals surface area contributed by atoms with Gasteiger partial charge in [0.25, 0.3) is 0 Å². The fraction of sp³-hybridized carbons (Fsp3) is 0.417. The van der Waals surface area contributed by atoms with Crippen molar-refractivity contribution in [3.8, 4) is 0 Å². The van der Waals surface area contributed by atoms with Gasteiger partial charge < -0.3 is 9.80 Å². The number of hydrogen-bond acceptors (Lipinski definition) is 3. The van der Waals surface area contributed by atoms with E-state index in [1.165, 1.54) is 28.9 Å². The van der Waals surface area contributed by atoms with Gasteiger partial charge in [0, 0.05) is 13.1 Å². The van der Waals surface area contributed by atoms with Gasteiger partial charge in [-0.3, -0.25) is 14.4 Å². The summed E-state index contributed by atoms with van der Waals surface area (Å²) in [4.78, 5) is 37.3. The minimum atomic E-state index is -0.337. The SMILES string of the molecule is C=CC(=O)N1CC(C(C)=O)CN(C(=O)C=C)C1. The van der Waals surface area contributed by atoms with Gasteiger partial charge in [0.15, 0.2) is 0 Å². The molecule has 0 aromatic carbocycles. The van der Waals surface area contributed by atoms with E-state index in [0.29, 0.717) is 13.1 Å². The van der Waals surface area contributed by atoms with Crippen LogP contribution in [0.15, 0.2) is 25.3 Å². The molecule has 0 aromatic heterocycles. The number of rotatable bonds is 3. The predicted octanol–water partition coefficient (Wildman–Crippen LogP) is 0.192. The van der Waals surface area contributed by atoms with Gasteiger partial charge in [0.05, 0.1) is 12.6 Å². The molecule has 1 saturated heterocycles. The van der Waals surface area contributed by atoms with Gasteiger partial charge in [-0.25, -0.2) is 0 Å². The molecule has 1 rings (SSSR count). The first-order chi connectivity index (χ1) is 7.99. The summed E-state index contributed by atoms with van der Waals surface area (Å²) in [6.45, 7) is 9.10. The van der Waals surface area contributed by atoms with E-state index in [1.807, 2.05) is 0 Å². The van der Waals surface area contributed by atoms with Crippen molar-refractivity contribution in [2.24, 2.45) is 5.92 Å². The minimum Gasteiger partial charge on any atom is -0.321 e. The van der Waals surface area contributed by atoms with Gasteiger partial charge in [0.1, 0.15) is 5.78 Å². The quantitative estimate of drug-likeness (QED) is 0.657. The maximum Gasteiger partial charge on any atom is 0.247 e. The summed E-state index contributed by atoms with van der Waals surface area (Å²) in [5, 5.41) is 0. The number of hydrogen-bond donors (Lipinski definition) is 0. The van der Waals surface area contributed by atoms with Crippen molar-refractivity contribution < 1.29 is 14.4 Å². The molecule has 0 unspecified atom stereocenters. The first-order valence-electron chi connectivity index (χ1n) is 5.32. The highest BCUT2D eigenvalue weighted by Crippen LogP contribution is 2.14. The largest absolute Gasteiger partial charge is 0.321 e. The van der Waals surface area contributed by atoms with E-state index in [-0.39, 0.29) is 30.2 Å². The van der Waals surface area contributed by atoms with Gasteiger partial charge in [-0.1, -0.05) is 13.2 Å². The molecule has 0 N–H and O–H groups in total. The number of carbonyl (C=O) groups excluding carboxylic acids is 3. The first kappa shape index (κ1) is 13.2. The Morgan fingerprint density at radius 1 is 1.06 bits per heavy atom. The van der Waals surface area contributed by atoms with E-state index >= 15 is 0 Å². The number of amides is 2. The normalized spacial score (nSPS) is 16.5. The summed E-state index contributed by atoms with van der Waals surface area (Å²) < 4.78 is 0. The average Bonchev–Trinajstić information content (AvgIpc) is 2.36. The molecule has 0 bridgehead atoms. The van der Waals surface area contributed by atoms with Crippen molar-refractivity contribution in [3.05, 3.63) is 25.3 Å². The highest BCUT2D eigenvalue weighted by atomic mass is 16.2. The molecule has 92 valence electrons. The van der Waals surface area contributed by atoms with Crippen LogP contribution in [0.25, 0.3) is 0 Å². The molecule has 0 atom stereocenters. The first-order valence-corrected chi connectivity index (χ1v) is 5.32. The molecule has 0 aliphatic carbocycles. The van der Waals surface area contributed by atoms with E-state index in [2.05, 4.69) is 13.2 Å². The highest BCUT2D eigenvalue weighted by Gasteiger charge is 2.31. The van der Waals surface area contributed by atoms with Crippen molar-refractivity contribution in [1.29, 1.82) is 0 Å². The summed E-state index contributed by atoms with van der Waals surface area (Å²) in [5.74, 6) is -0.930. The summed E-state index contributed by atoms with van der Waals surface area (Å²) >= 11 is 0. The Morgan fingerprint density at radius 2 is 1.47 bits per heavy atom. The van der Waals surface area contributed by atoms with E-state index < -0.39 is 0 Å². The molecule has 17 heavy (non-hydrogen) atoms. The van der Waals surface area contributed by atoms with Crippen LogP contribution in [0.5, 0.6) is 0 Å². The van der Waals surface area contributed by atoms with Gasteiger partial charge in [-0.15, -0.1) is 0 Å². The Bertz CT molecular complexity index is 348. The monoisotopic (exact) mass is 236 g/mol. The summed E-state index contributed by atoms with van der Waals surface area (Å²) in [6.07, 6.45) is 2.36. The molecule has 0 spiro atoms. The molecule has 1 heterocycles. The molecular formula is C12H16N2O3. The number of ketones is 1. The van der Waals surface area contributed by atoms with Crippen LogP contribution in [0.4, 0.5) is 0 Å². The average molecular weight is 236 g/mol. The lowest BCUT2D eigenvalue weighted by Gasteiger charge is -2.38. The third kappa shape index (κ3) is 3.03. The molecule has 1 aliphatic heterocycles. The Balaban J connectivity index is 2.86. The molecule has 5 heteroatoms. The molecule has 5 nitrogen and oxygen atoms in total. The highest BCUT2D eigenvalue weighted by molar-refractivity contribution is 5.91. The van der Waals surface area contributed by atoms with Gasteiger partial charge in [-0.2, -0.15) is 0 Å². The molecule has 0 radical (unpaired) electrons. The van der Waals surface area contributed by atoms with E-state index in [4.69, 9.17) is 0 Å². The fourth-order valence-electron chi connectivity index (χ4n) is 1.75. The van der Waals surface area contributed by atoms with E-state index in [0.717, 1.165) is 0 Å². The predicted molar refractivity (Wildman–Crippen MR) is 62.9 cm³/mol. The third-order valence-electron chi connectivity index (χ3n) is 2.77. The summed E-state index contributed by atoms with van der Waals surface area (Å²) in [5.41, 5.74) is 0. The second-order valence-electron chi connectivity index (χ2n) is 3.98. The number of carbonyl (C=O) groups is 3. The van der Waals surface area contributed by atoms with Crippen LogP contribution in [0.2, 0.25) is 0 Å². The Hall–Kier alpha value is -1.91. The summed E-state index contributed by atoms with van der Waals surface area (Å²) in [7, 11) is 0. The van der Waals surface area contributed by atoms with Crippen LogP contribution in [0.1, 0.15) is 6.92 Å². The second kappa shape index (κ2) is 5.43. The number of nitrogens with zero attached hydrogens (tertiary/aromatic N) is 2. The second-order valence-corrected chi connectivity index (χ2v) is 3.98. The Morgan fingerprint density at radius 3 is 1.76 bits per heavy atom. The smallest absolute Gasteiger partial charge is 0.247 e. The summed E-state index contributed by atoms with van der Waals surface area (Å²) in [6, 6.07) is 0. The topological polar surface area (TPSA) is 57.7 Å². The Labute approximate surface area is 100 Å². The van der Waals surface area contributed by atoms with Gasteiger partial charge in [0.2, 0.25) is 11.8 Å². The van der Waals surface area contributed by atoms with Crippen LogP contribution in [0, 0.1) is 5.92 Å². The third-order valence-corrected chi connectivity index (χ3v) is 2.77. The van der Waals surface area contributed by atoms with Crippen molar-refractivity contribution in [2.75, 3.05) is 19.8 Å². The molecule has 1 fully saturated rings. The maximum atomic E-state index is 11.5. The van der Waals surface area contributed by atoms with Gasteiger partial charge >= 0.3 is 0 Å². The molecule has 1 aliphatic rings. The fourth-order valence-corrected chi connectivity index (χ4v) is 1.75. The van der Waals surface area contributed by atoms with Crippen LogP contribution >= 0.6 is 0 Å². The van der Waals surface area contributed by atoms with Crippen molar-refractivity contribution in [2.45, 2.75) is 6.92 Å². The van der Waals surface area contributed by atoms with Crippen LogP contribution < -0.4 is 0 Å². The lowest BCUT2D eigenvalue weighted by Crippen LogP contribution is -2.54. The van der Waals surface area contributed by atoms with E-state index in [9.17, 15) is 14.4 Å². The van der Waals surface area contributed by atoms with E-state index in [1.54, 1.807) is 0 Å². The molecular weight excluding hydrogens is 220 g/mol. The zero-order valence-corrected chi connectivity index (χ0v) is 9.89.